The number of hydrogen-bond acceptors (Lipinski definition) is 6. The maximum atomic E-state index is 13.1. The molecule has 4 heterocycles. The van der Waals surface area contributed by atoms with Crippen molar-refractivity contribution in [3.8, 4) is 0 Å². The van der Waals surface area contributed by atoms with E-state index in [4.69, 9.17) is 0 Å². The summed E-state index contributed by atoms with van der Waals surface area (Å²) in [7, 11) is 0. The molecule has 0 bridgehead atoms. The van der Waals surface area contributed by atoms with Gasteiger partial charge in [-0.2, -0.15) is 13.2 Å². The van der Waals surface area contributed by atoms with Crippen LogP contribution in [0.4, 0.5) is 19.1 Å². The summed E-state index contributed by atoms with van der Waals surface area (Å²) < 4.78 is 40.0. The van der Waals surface area contributed by atoms with E-state index in [1.165, 1.54) is 0 Å². The smallest absolute Gasteiger partial charge is 0.340 e. The number of halogens is 3. The minimum atomic E-state index is -4.55. The van der Waals surface area contributed by atoms with E-state index in [1.54, 1.807) is 4.90 Å². The molecule has 0 aromatic carbocycles. The molecule has 0 aliphatic carbocycles. The number of carbonyl (C=O) groups excluding carboxylic acids is 1. The number of alkyl halides is 3. The minimum absolute atomic E-state index is 0.0401. The predicted octanol–water partition coefficient (Wildman–Crippen LogP) is 1.96. The van der Waals surface area contributed by atoms with Crippen LogP contribution in [0.1, 0.15) is 35.9 Å². The van der Waals surface area contributed by atoms with Crippen LogP contribution in [0.2, 0.25) is 0 Å². The summed E-state index contributed by atoms with van der Waals surface area (Å²) >= 11 is 0. The molecule has 156 valence electrons. The highest BCUT2D eigenvalue weighted by atomic mass is 19.4. The lowest BCUT2D eigenvalue weighted by Crippen LogP contribution is -2.47. The third-order valence-electron chi connectivity index (χ3n) is 5.34. The first-order valence-electron chi connectivity index (χ1n) is 9.57. The van der Waals surface area contributed by atoms with E-state index in [-0.39, 0.29) is 37.3 Å². The molecule has 8 nitrogen and oxygen atoms in total. The molecule has 29 heavy (non-hydrogen) atoms. The van der Waals surface area contributed by atoms with Gasteiger partial charge < -0.3 is 14.4 Å². The maximum Gasteiger partial charge on any atom is 0.451 e. The Morgan fingerprint density at radius 2 is 1.83 bits per heavy atom. The number of fused-ring (bicyclic) bond motifs is 1. The number of aryl methyl sites for hydroxylation is 2. The maximum absolute atomic E-state index is 13.1. The first-order chi connectivity index (χ1) is 13.7. The lowest BCUT2D eigenvalue weighted by atomic mass is 9.96. The molecule has 1 atom stereocenters. The highest BCUT2D eigenvalue weighted by Gasteiger charge is 2.40. The number of aromatic nitrogens is 5. The van der Waals surface area contributed by atoms with Gasteiger partial charge in [-0.1, -0.05) is 0 Å². The van der Waals surface area contributed by atoms with Crippen molar-refractivity contribution in [3.05, 3.63) is 29.1 Å². The van der Waals surface area contributed by atoms with Gasteiger partial charge in [-0.05, 0) is 32.8 Å². The number of amides is 1. The lowest BCUT2D eigenvalue weighted by molar-refractivity contribution is -0.148. The summed E-state index contributed by atoms with van der Waals surface area (Å²) in [6.07, 6.45) is -2.99. The quantitative estimate of drug-likeness (QED) is 0.755. The normalized spacial score (nSPS) is 20.0. The molecule has 2 aliphatic heterocycles. The third-order valence-corrected chi connectivity index (χ3v) is 5.34. The largest absolute Gasteiger partial charge is 0.451 e. The number of carbonyl (C=O) groups is 1. The van der Waals surface area contributed by atoms with Crippen molar-refractivity contribution in [2.75, 3.05) is 24.5 Å². The van der Waals surface area contributed by atoms with Crippen LogP contribution in [0.25, 0.3) is 0 Å². The summed E-state index contributed by atoms with van der Waals surface area (Å²) in [5, 5.41) is 6.92. The molecule has 0 N–H and O–H groups in total. The molecule has 1 amide bonds. The SMILES string of the molecule is Cc1cc(C)nc(N2CCC[C@H](C(=O)N3CCn4c(nnc4C(F)(F)F)C3)C2)n1. The van der Waals surface area contributed by atoms with Crippen molar-refractivity contribution in [1.29, 1.82) is 0 Å². The van der Waals surface area contributed by atoms with Crippen LogP contribution in [0.3, 0.4) is 0 Å². The van der Waals surface area contributed by atoms with E-state index in [0.717, 1.165) is 35.3 Å². The Balaban J connectivity index is 1.46. The standard InChI is InChI=1S/C18H22F3N7O/c1-11-8-12(2)23-17(22-11)27-5-3-4-13(9-27)15(29)26-6-7-28-14(10-26)24-25-16(28)18(19,20)21/h8,13H,3-7,9-10H2,1-2H3/t13-/m0/s1. The molecule has 1 fully saturated rings. The summed E-state index contributed by atoms with van der Waals surface area (Å²) in [4.78, 5) is 25.6. The zero-order valence-corrected chi connectivity index (χ0v) is 16.3. The van der Waals surface area contributed by atoms with Crippen molar-refractivity contribution in [2.24, 2.45) is 5.92 Å². The Bertz CT molecular complexity index is 906. The van der Waals surface area contributed by atoms with Gasteiger partial charge in [-0.3, -0.25) is 4.79 Å². The molecular weight excluding hydrogens is 387 g/mol. The van der Waals surface area contributed by atoms with Crippen LogP contribution in [0, 0.1) is 19.8 Å². The summed E-state index contributed by atoms with van der Waals surface area (Å²) in [5.74, 6) is -0.530. The second-order valence-corrected chi connectivity index (χ2v) is 7.58. The second-order valence-electron chi connectivity index (χ2n) is 7.58. The second kappa shape index (κ2) is 7.27. The van der Waals surface area contributed by atoms with Gasteiger partial charge in [0.2, 0.25) is 17.7 Å². The molecule has 0 radical (unpaired) electrons. The van der Waals surface area contributed by atoms with Gasteiger partial charge in [0.1, 0.15) is 0 Å². The zero-order chi connectivity index (χ0) is 20.8. The lowest BCUT2D eigenvalue weighted by Gasteiger charge is -2.36. The third kappa shape index (κ3) is 3.90. The summed E-state index contributed by atoms with van der Waals surface area (Å²) in [6, 6.07) is 1.90. The minimum Gasteiger partial charge on any atom is -0.340 e. The van der Waals surface area contributed by atoms with Crippen molar-refractivity contribution in [2.45, 2.75) is 46.0 Å². The Hall–Kier alpha value is -2.72. The van der Waals surface area contributed by atoms with E-state index in [2.05, 4.69) is 20.2 Å². The van der Waals surface area contributed by atoms with E-state index in [1.807, 2.05) is 24.8 Å². The van der Waals surface area contributed by atoms with Gasteiger partial charge in [-0.15, -0.1) is 10.2 Å². The Kier molecular flexibility index (Phi) is 4.91. The first-order valence-corrected chi connectivity index (χ1v) is 9.57. The van der Waals surface area contributed by atoms with Crippen LogP contribution in [-0.4, -0.2) is 55.2 Å². The number of hydrogen-bond donors (Lipinski definition) is 0. The highest BCUT2D eigenvalue weighted by Crippen LogP contribution is 2.30. The fourth-order valence-electron chi connectivity index (χ4n) is 4.02. The van der Waals surface area contributed by atoms with Crippen LogP contribution in [-0.2, 0) is 24.1 Å². The number of anilines is 1. The molecule has 4 rings (SSSR count). The monoisotopic (exact) mass is 409 g/mol. The molecule has 2 aromatic rings. The molecule has 2 aromatic heterocycles. The van der Waals surface area contributed by atoms with Gasteiger partial charge in [0.15, 0.2) is 5.82 Å². The van der Waals surface area contributed by atoms with Crippen molar-refractivity contribution < 1.29 is 18.0 Å². The fraction of sp³-hybridized carbons (Fsp3) is 0.611. The topological polar surface area (TPSA) is 80.0 Å². The molecule has 11 heteroatoms. The Morgan fingerprint density at radius 1 is 1.10 bits per heavy atom. The molecule has 0 unspecified atom stereocenters. The van der Waals surface area contributed by atoms with E-state index >= 15 is 0 Å². The van der Waals surface area contributed by atoms with E-state index in [0.29, 0.717) is 12.5 Å². The Morgan fingerprint density at radius 3 is 2.52 bits per heavy atom. The predicted molar refractivity (Wildman–Crippen MR) is 96.9 cm³/mol. The van der Waals surface area contributed by atoms with Gasteiger partial charge in [0.25, 0.3) is 0 Å². The van der Waals surface area contributed by atoms with Crippen molar-refractivity contribution >= 4 is 11.9 Å². The van der Waals surface area contributed by atoms with Crippen LogP contribution in [0.5, 0.6) is 0 Å². The molecular formula is C18H22F3N7O. The van der Waals surface area contributed by atoms with Gasteiger partial charge in [0.05, 0.1) is 12.5 Å². The van der Waals surface area contributed by atoms with Crippen LogP contribution >= 0.6 is 0 Å². The van der Waals surface area contributed by atoms with Crippen molar-refractivity contribution in [3.63, 3.8) is 0 Å². The van der Waals surface area contributed by atoms with Crippen molar-refractivity contribution in [1.82, 2.24) is 29.6 Å². The van der Waals surface area contributed by atoms with Gasteiger partial charge >= 0.3 is 6.18 Å². The summed E-state index contributed by atoms with van der Waals surface area (Å²) in [6.45, 7) is 5.38. The zero-order valence-electron chi connectivity index (χ0n) is 16.3. The molecule has 2 aliphatic rings. The number of rotatable bonds is 2. The number of nitrogens with zero attached hydrogens (tertiary/aromatic N) is 7. The molecule has 0 spiro atoms. The first kappa shape index (κ1) is 19.6. The fourth-order valence-corrected chi connectivity index (χ4v) is 4.02. The van der Waals surface area contributed by atoms with E-state index < -0.39 is 12.0 Å². The van der Waals surface area contributed by atoms with Crippen LogP contribution < -0.4 is 4.90 Å². The number of piperidine rings is 1. The average molecular weight is 409 g/mol. The van der Waals surface area contributed by atoms with Gasteiger partial charge in [0, 0.05) is 37.6 Å². The van der Waals surface area contributed by atoms with Crippen LogP contribution in [0.15, 0.2) is 6.07 Å². The van der Waals surface area contributed by atoms with E-state index in [9.17, 15) is 18.0 Å². The summed E-state index contributed by atoms with van der Waals surface area (Å²) in [5.41, 5.74) is 1.74. The van der Waals surface area contributed by atoms with Gasteiger partial charge in [-0.25, -0.2) is 9.97 Å². The Labute approximate surface area is 165 Å². The molecule has 0 saturated carbocycles. The highest BCUT2D eigenvalue weighted by molar-refractivity contribution is 5.79. The average Bonchev–Trinajstić information content (AvgIpc) is 3.10. The molecule has 1 saturated heterocycles.